The van der Waals surface area contributed by atoms with Gasteiger partial charge in [-0.25, -0.2) is 0 Å². The fourth-order valence-electron chi connectivity index (χ4n) is 16.6. The van der Waals surface area contributed by atoms with Crippen molar-refractivity contribution in [3.63, 3.8) is 0 Å². The van der Waals surface area contributed by atoms with Gasteiger partial charge in [-0.1, -0.05) is 237 Å². The van der Waals surface area contributed by atoms with Crippen LogP contribution in [0.1, 0.15) is 11.1 Å². The number of hydrogen-bond donors (Lipinski definition) is 0. The number of aryl methyl sites for hydroxylation is 2. The molecule has 0 unspecified atom stereocenters. The van der Waals surface area contributed by atoms with Gasteiger partial charge in [0.15, 0.2) is 0 Å². The minimum absolute atomic E-state index is 0.226. The zero-order valence-corrected chi connectivity index (χ0v) is 54.0. The van der Waals surface area contributed by atoms with Gasteiger partial charge in [0.25, 0.3) is 6.71 Å². The molecule has 0 aliphatic carbocycles. The van der Waals surface area contributed by atoms with Crippen molar-refractivity contribution in [2.45, 2.75) is 13.8 Å². The Morgan fingerprint density at radius 2 is 0.694 bits per heavy atom. The predicted molar refractivity (Wildman–Crippen MR) is 412 cm³/mol. The average Bonchev–Trinajstić information content (AvgIpc) is 0.821. The van der Waals surface area contributed by atoms with Crippen molar-refractivity contribution >= 4 is 106 Å². The van der Waals surface area contributed by atoms with Crippen LogP contribution in [-0.4, -0.2) is 20.4 Å². The minimum atomic E-state index is -0.226. The van der Waals surface area contributed by atoms with Gasteiger partial charge in [-0.3, -0.25) is 0 Å². The first kappa shape index (κ1) is 55.8. The van der Waals surface area contributed by atoms with Crippen molar-refractivity contribution in [3.8, 4) is 84.2 Å². The Kier molecular flexibility index (Phi) is 12.5. The van der Waals surface area contributed by atoms with E-state index in [1.165, 1.54) is 60.0 Å². The number of rotatable bonds is 9. The van der Waals surface area contributed by atoms with Gasteiger partial charge >= 0.3 is 0 Å². The van der Waals surface area contributed by atoms with Crippen molar-refractivity contribution in [2.75, 3.05) is 4.90 Å². The Morgan fingerprint density at radius 1 is 0.255 bits per heavy atom. The Labute approximate surface area is 568 Å². The molecular formula is C92H61BN4O. The smallest absolute Gasteiger partial charge is 0.256 e. The van der Waals surface area contributed by atoms with Crippen LogP contribution in [0.5, 0.6) is 11.5 Å². The van der Waals surface area contributed by atoms with Gasteiger partial charge in [0.2, 0.25) is 0 Å². The quantitative estimate of drug-likeness (QED) is 0.135. The van der Waals surface area contributed by atoms with Crippen molar-refractivity contribution in [1.82, 2.24) is 13.7 Å². The number of anilines is 3. The molecule has 0 N–H and O–H groups in total. The molecule has 0 atom stereocenters. The lowest BCUT2D eigenvalue weighted by atomic mass is 9.34. The van der Waals surface area contributed by atoms with E-state index in [0.29, 0.717) is 0 Å². The van der Waals surface area contributed by atoms with Gasteiger partial charge < -0.3 is 23.3 Å². The molecule has 0 fully saturated rings. The van der Waals surface area contributed by atoms with Crippen molar-refractivity contribution in [2.24, 2.45) is 0 Å². The Hall–Kier alpha value is -12.6. The van der Waals surface area contributed by atoms with Crippen LogP contribution in [0.25, 0.3) is 138 Å². The third-order valence-electron chi connectivity index (χ3n) is 21.0. The third kappa shape index (κ3) is 8.47. The number of hydrogen-bond acceptors (Lipinski definition) is 2. The number of para-hydroxylation sites is 8. The normalized spacial score (nSPS) is 12.4. The molecule has 3 aromatic heterocycles. The summed E-state index contributed by atoms with van der Waals surface area (Å²) in [5.74, 6) is 1.66. The van der Waals surface area contributed by atoms with Gasteiger partial charge in [-0.05, 0) is 177 Å². The molecule has 15 aromatic carbocycles. The Balaban J connectivity index is 0.893. The van der Waals surface area contributed by atoms with Gasteiger partial charge in [-0.2, -0.15) is 0 Å². The van der Waals surface area contributed by atoms with E-state index in [0.717, 1.165) is 134 Å². The number of benzene rings is 15. The molecule has 0 bridgehead atoms. The molecule has 2 aliphatic heterocycles. The van der Waals surface area contributed by atoms with E-state index in [2.05, 4.69) is 366 Å². The molecule has 0 saturated carbocycles. The molecule has 0 radical (unpaired) electrons. The molecule has 2 aliphatic rings. The molecule has 458 valence electrons. The lowest BCUT2D eigenvalue weighted by Crippen LogP contribution is -2.59. The standard InChI is InChI=1S/C92H61BN4O/c1-58-25-6-8-29-67(58)64-51-62(52-65(53-64)68-30-9-7-26-59(68)2)63-55-88-91-90(56-63)98-89-57-66(94-80-40-18-11-32-71(80)72-33-12-19-41-81(72)94)48-50-78(89)93(91)77-49-47-61(54-87(77)96(88)79-39-17-10-31-69(79)60-27-4-3-5-28-60)70-38-24-46-86(95-82-42-20-13-34-73(82)74-35-14-21-43-83(74)95)92(70)97-84-44-22-15-36-75(84)76-37-16-23-45-85(76)97/h3-57H,1-2H3. The second-order valence-electron chi connectivity index (χ2n) is 26.4. The number of ether oxygens (including phenoxy) is 1. The molecule has 6 heteroatoms. The van der Waals surface area contributed by atoms with E-state index in [1.54, 1.807) is 0 Å². The topological polar surface area (TPSA) is 27.3 Å². The largest absolute Gasteiger partial charge is 0.458 e. The summed E-state index contributed by atoms with van der Waals surface area (Å²) < 4.78 is 15.2. The van der Waals surface area contributed by atoms with Gasteiger partial charge in [-0.15, -0.1) is 0 Å². The van der Waals surface area contributed by atoms with Crippen LogP contribution in [0, 0.1) is 13.8 Å². The summed E-state index contributed by atoms with van der Waals surface area (Å²) in [6.07, 6.45) is 0. The first-order chi connectivity index (χ1) is 48.5. The van der Waals surface area contributed by atoms with Crippen molar-refractivity contribution < 1.29 is 4.74 Å². The van der Waals surface area contributed by atoms with E-state index in [4.69, 9.17) is 4.74 Å². The predicted octanol–water partition coefficient (Wildman–Crippen LogP) is 22.3. The first-order valence-corrected chi connectivity index (χ1v) is 33.9. The summed E-state index contributed by atoms with van der Waals surface area (Å²) in [5, 5.41) is 7.28. The highest BCUT2D eigenvalue weighted by molar-refractivity contribution is 6.99. The zero-order valence-electron chi connectivity index (χ0n) is 54.0. The molecule has 20 rings (SSSR count). The van der Waals surface area contributed by atoms with Crippen LogP contribution in [-0.2, 0) is 0 Å². The highest BCUT2D eigenvalue weighted by atomic mass is 16.5. The lowest BCUT2D eigenvalue weighted by Gasteiger charge is -2.41. The number of fused-ring (bicyclic) bond motifs is 13. The lowest BCUT2D eigenvalue weighted by molar-refractivity contribution is 0.487. The van der Waals surface area contributed by atoms with Crippen LogP contribution in [0.15, 0.2) is 334 Å². The van der Waals surface area contributed by atoms with Crippen molar-refractivity contribution in [1.29, 1.82) is 0 Å². The maximum Gasteiger partial charge on any atom is 0.256 e. The van der Waals surface area contributed by atoms with E-state index in [1.807, 2.05) is 0 Å². The summed E-state index contributed by atoms with van der Waals surface area (Å²) in [6, 6.07) is 124. The third-order valence-corrected chi connectivity index (χ3v) is 21.0. The number of aromatic nitrogens is 3. The summed E-state index contributed by atoms with van der Waals surface area (Å²) in [5.41, 5.74) is 30.6. The summed E-state index contributed by atoms with van der Waals surface area (Å²) in [4.78, 5) is 2.57. The fraction of sp³-hybridized carbons (Fsp3) is 0.0217. The summed E-state index contributed by atoms with van der Waals surface area (Å²) >= 11 is 0. The highest BCUT2D eigenvalue weighted by Crippen LogP contribution is 2.50. The van der Waals surface area contributed by atoms with Crippen LogP contribution in [0.2, 0.25) is 0 Å². The molecule has 5 heterocycles. The molecule has 0 spiro atoms. The van der Waals surface area contributed by atoms with Crippen LogP contribution < -0.4 is 26.0 Å². The summed E-state index contributed by atoms with van der Waals surface area (Å²) in [6.45, 7) is 4.21. The zero-order chi connectivity index (χ0) is 64.7. The SMILES string of the molecule is Cc1ccccc1-c1cc(-c2cc3c4c(c2)N(c2ccccc2-c2ccccc2)c2cc(-c5cccc(-n6c7ccccc7c7ccccc76)c5-n5c6ccccc6c6ccccc65)ccc2B4c2ccc(-n4c5ccccc5c5ccccc54)cc2O3)cc(-c2ccccc2C)c1. The molecule has 5 nitrogen and oxygen atoms in total. The first-order valence-electron chi connectivity index (χ1n) is 33.9. The van der Waals surface area contributed by atoms with E-state index < -0.39 is 0 Å². The fourth-order valence-corrected chi connectivity index (χ4v) is 16.6. The van der Waals surface area contributed by atoms with Gasteiger partial charge in [0.1, 0.15) is 11.5 Å². The molecule has 0 saturated heterocycles. The maximum atomic E-state index is 7.72. The van der Waals surface area contributed by atoms with Crippen LogP contribution in [0.3, 0.4) is 0 Å². The Bertz CT molecular complexity index is 6120. The van der Waals surface area contributed by atoms with E-state index in [9.17, 15) is 0 Å². The highest BCUT2D eigenvalue weighted by Gasteiger charge is 2.43. The second kappa shape index (κ2) is 22.0. The summed E-state index contributed by atoms with van der Waals surface area (Å²) in [7, 11) is 0. The monoisotopic (exact) mass is 1250 g/mol. The Morgan fingerprint density at radius 3 is 1.27 bits per heavy atom. The molecule has 98 heavy (non-hydrogen) atoms. The van der Waals surface area contributed by atoms with Gasteiger partial charge in [0, 0.05) is 66.6 Å². The van der Waals surface area contributed by atoms with Crippen LogP contribution in [0.4, 0.5) is 17.1 Å². The number of nitrogens with zero attached hydrogens (tertiary/aromatic N) is 4. The maximum absolute atomic E-state index is 7.72. The van der Waals surface area contributed by atoms with E-state index >= 15 is 0 Å². The van der Waals surface area contributed by atoms with Crippen molar-refractivity contribution in [3.05, 3.63) is 345 Å². The van der Waals surface area contributed by atoms with Crippen LogP contribution >= 0.6 is 0 Å². The van der Waals surface area contributed by atoms with E-state index in [-0.39, 0.29) is 6.71 Å². The molecule has 0 amide bonds. The second-order valence-corrected chi connectivity index (χ2v) is 26.4. The molecule has 18 aromatic rings. The van der Waals surface area contributed by atoms with Gasteiger partial charge in [0.05, 0.1) is 50.2 Å². The minimum Gasteiger partial charge on any atom is -0.458 e. The molecular weight excluding hydrogens is 1190 g/mol. The average molecular weight is 1250 g/mol.